The summed E-state index contributed by atoms with van der Waals surface area (Å²) >= 11 is 0. The van der Waals surface area contributed by atoms with E-state index in [0.29, 0.717) is 11.7 Å². The fourth-order valence-corrected chi connectivity index (χ4v) is 2.41. The molecule has 2 rings (SSSR count). The van der Waals surface area contributed by atoms with Gasteiger partial charge in [0, 0.05) is 19.3 Å². The Balaban J connectivity index is 2.30. The zero-order valence-corrected chi connectivity index (χ0v) is 10.0. The first-order valence-electron chi connectivity index (χ1n) is 5.89. The molecule has 17 heavy (non-hydrogen) atoms. The van der Waals surface area contributed by atoms with Crippen LogP contribution < -0.4 is 10.6 Å². The molecule has 0 aromatic carbocycles. The predicted molar refractivity (Wildman–Crippen MR) is 67.4 cm³/mol. The van der Waals surface area contributed by atoms with E-state index in [0.717, 1.165) is 5.69 Å². The van der Waals surface area contributed by atoms with Crippen LogP contribution in [0.15, 0.2) is 23.5 Å². The average molecular weight is 234 g/mol. The highest BCUT2D eigenvalue weighted by Gasteiger charge is 2.22. The summed E-state index contributed by atoms with van der Waals surface area (Å²) in [6.07, 6.45) is 6.59. The third kappa shape index (κ3) is 2.33. The van der Waals surface area contributed by atoms with Crippen molar-refractivity contribution in [2.45, 2.75) is 31.7 Å². The van der Waals surface area contributed by atoms with Gasteiger partial charge in [-0.05, 0) is 25.0 Å². The molecule has 5 nitrogen and oxygen atoms in total. The molecule has 0 radical (unpaired) electrons. The van der Waals surface area contributed by atoms with Gasteiger partial charge in [0.2, 0.25) is 0 Å². The SMILES string of the molecule is CN(c1cccnc1/C(N)=N/O)C1CCCC1. The van der Waals surface area contributed by atoms with Crippen LogP contribution in [0.1, 0.15) is 31.4 Å². The van der Waals surface area contributed by atoms with E-state index in [1.807, 2.05) is 19.2 Å². The van der Waals surface area contributed by atoms with Gasteiger partial charge in [0.1, 0.15) is 5.69 Å². The molecule has 3 N–H and O–H groups in total. The molecule has 0 atom stereocenters. The standard InChI is InChI=1S/C12H18N4O/c1-16(9-5-2-3-6-9)10-7-4-8-14-11(10)12(13)15-17/h4,7-9,17H,2-3,5-6H2,1H3,(H2,13,15). The molecule has 1 aromatic heterocycles. The smallest absolute Gasteiger partial charge is 0.190 e. The molecule has 1 saturated carbocycles. The number of aromatic nitrogens is 1. The number of rotatable bonds is 3. The fourth-order valence-electron chi connectivity index (χ4n) is 2.41. The van der Waals surface area contributed by atoms with Gasteiger partial charge in [0.15, 0.2) is 5.84 Å². The van der Waals surface area contributed by atoms with E-state index in [4.69, 9.17) is 10.9 Å². The number of pyridine rings is 1. The molecule has 1 aromatic rings. The van der Waals surface area contributed by atoms with E-state index in [1.165, 1.54) is 25.7 Å². The molecule has 0 amide bonds. The summed E-state index contributed by atoms with van der Waals surface area (Å²) in [5, 5.41) is 11.8. The minimum absolute atomic E-state index is 0.0606. The maximum Gasteiger partial charge on any atom is 0.190 e. The van der Waals surface area contributed by atoms with Crippen molar-refractivity contribution in [3.63, 3.8) is 0 Å². The van der Waals surface area contributed by atoms with E-state index < -0.39 is 0 Å². The Morgan fingerprint density at radius 2 is 2.24 bits per heavy atom. The minimum Gasteiger partial charge on any atom is -0.409 e. The van der Waals surface area contributed by atoms with Crippen LogP contribution in [-0.4, -0.2) is 29.1 Å². The lowest BCUT2D eigenvalue weighted by Crippen LogP contribution is -2.31. The lowest BCUT2D eigenvalue weighted by atomic mass is 10.1. The zero-order chi connectivity index (χ0) is 12.3. The van der Waals surface area contributed by atoms with Crippen molar-refractivity contribution in [3.8, 4) is 0 Å². The van der Waals surface area contributed by atoms with Crippen molar-refractivity contribution in [1.82, 2.24) is 4.98 Å². The third-order valence-electron chi connectivity index (χ3n) is 3.39. The Morgan fingerprint density at radius 1 is 1.53 bits per heavy atom. The third-order valence-corrected chi connectivity index (χ3v) is 3.39. The van der Waals surface area contributed by atoms with Gasteiger partial charge in [-0.15, -0.1) is 0 Å². The molecule has 0 bridgehead atoms. The van der Waals surface area contributed by atoms with Gasteiger partial charge in [-0.25, -0.2) is 0 Å². The van der Waals surface area contributed by atoms with Crippen molar-refractivity contribution in [3.05, 3.63) is 24.0 Å². The highest BCUT2D eigenvalue weighted by molar-refractivity contribution is 6.00. The van der Waals surface area contributed by atoms with Gasteiger partial charge in [-0.3, -0.25) is 4.98 Å². The zero-order valence-electron chi connectivity index (χ0n) is 10.0. The van der Waals surface area contributed by atoms with E-state index in [1.54, 1.807) is 6.20 Å². The number of hydrogen-bond donors (Lipinski definition) is 2. The van der Waals surface area contributed by atoms with Crippen LogP contribution in [0.25, 0.3) is 0 Å². The first-order chi connectivity index (χ1) is 8.24. The monoisotopic (exact) mass is 234 g/mol. The van der Waals surface area contributed by atoms with Crippen LogP contribution in [0, 0.1) is 0 Å². The Morgan fingerprint density at radius 3 is 2.88 bits per heavy atom. The van der Waals surface area contributed by atoms with Crippen molar-refractivity contribution in [2.24, 2.45) is 10.9 Å². The van der Waals surface area contributed by atoms with Gasteiger partial charge in [0.05, 0.1) is 5.69 Å². The van der Waals surface area contributed by atoms with E-state index >= 15 is 0 Å². The van der Waals surface area contributed by atoms with Crippen molar-refractivity contribution in [1.29, 1.82) is 0 Å². The van der Waals surface area contributed by atoms with Crippen LogP contribution in [0.5, 0.6) is 0 Å². The highest BCUT2D eigenvalue weighted by atomic mass is 16.4. The number of anilines is 1. The second-order valence-electron chi connectivity index (χ2n) is 4.41. The van der Waals surface area contributed by atoms with E-state index in [2.05, 4.69) is 15.0 Å². The second kappa shape index (κ2) is 5.03. The Bertz CT molecular complexity index is 413. The first-order valence-corrected chi connectivity index (χ1v) is 5.89. The topological polar surface area (TPSA) is 74.7 Å². The Hall–Kier alpha value is -1.78. The van der Waals surface area contributed by atoms with Gasteiger partial charge in [-0.1, -0.05) is 18.0 Å². The van der Waals surface area contributed by atoms with Crippen LogP contribution in [-0.2, 0) is 0 Å². The second-order valence-corrected chi connectivity index (χ2v) is 4.41. The number of nitrogens with zero attached hydrogens (tertiary/aromatic N) is 3. The number of hydrogen-bond acceptors (Lipinski definition) is 4. The molecule has 0 spiro atoms. The summed E-state index contributed by atoms with van der Waals surface area (Å²) in [5.74, 6) is 0.0606. The molecule has 92 valence electrons. The van der Waals surface area contributed by atoms with Crippen molar-refractivity contribution >= 4 is 11.5 Å². The lowest BCUT2D eigenvalue weighted by molar-refractivity contribution is 0.318. The van der Waals surface area contributed by atoms with E-state index in [-0.39, 0.29) is 5.84 Å². The number of nitrogens with two attached hydrogens (primary N) is 1. The Labute approximate surface area is 101 Å². The maximum atomic E-state index is 8.76. The lowest BCUT2D eigenvalue weighted by Gasteiger charge is -2.27. The molecule has 1 fully saturated rings. The normalized spacial score (nSPS) is 17.4. The van der Waals surface area contributed by atoms with Crippen LogP contribution >= 0.6 is 0 Å². The molecular formula is C12H18N4O. The van der Waals surface area contributed by atoms with Gasteiger partial charge in [0.25, 0.3) is 0 Å². The first kappa shape index (κ1) is 11.7. The van der Waals surface area contributed by atoms with Crippen LogP contribution in [0.3, 0.4) is 0 Å². The van der Waals surface area contributed by atoms with Gasteiger partial charge in [-0.2, -0.15) is 0 Å². The molecule has 0 saturated heterocycles. The quantitative estimate of drug-likeness (QED) is 0.360. The molecule has 1 aliphatic carbocycles. The summed E-state index contributed by atoms with van der Waals surface area (Å²) in [4.78, 5) is 6.37. The maximum absolute atomic E-state index is 8.76. The summed E-state index contributed by atoms with van der Waals surface area (Å²) in [7, 11) is 2.04. The summed E-state index contributed by atoms with van der Waals surface area (Å²) in [5.41, 5.74) is 7.11. The van der Waals surface area contributed by atoms with Crippen molar-refractivity contribution in [2.75, 3.05) is 11.9 Å². The summed E-state index contributed by atoms with van der Waals surface area (Å²) in [6.45, 7) is 0. The molecule has 5 heteroatoms. The van der Waals surface area contributed by atoms with Crippen LogP contribution in [0.2, 0.25) is 0 Å². The highest BCUT2D eigenvalue weighted by Crippen LogP contribution is 2.28. The molecule has 1 aliphatic rings. The predicted octanol–water partition coefficient (Wildman–Crippen LogP) is 1.55. The molecule has 1 heterocycles. The van der Waals surface area contributed by atoms with E-state index in [9.17, 15) is 0 Å². The molecule has 0 aliphatic heterocycles. The van der Waals surface area contributed by atoms with Crippen molar-refractivity contribution < 1.29 is 5.21 Å². The number of amidine groups is 1. The molecule has 0 unspecified atom stereocenters. The summed E-state index contributed by atoms with van der Waals surface area (Å²) in [6, 6.07) is 4.36. The fraction of sp³-hybridized carbons (Fsp3) is 0.500. The summed E-state index contributed by atoms with van der Waals surface area (Å²) < 4.78 is 0. The van der Waals surface area contributed by atoms with Gasteiger partial charge >= 0.3 is 0 Å². The minimum atomic E-state index is 0.0606. The largest absolute Gasteiger partial charge is 0.409 e. The van der Waals surface area contributed by atoms with Crippen LogP contribution in [0.4, 0.5) is 5.69 Å². The number of oxime groups is 1. The van der Waals surface area contributed by atoms with Gasteiger partial charge < -0.3 is 15.8 Å². The average Bonchev–Trinajstić information content (AvgIpc) is 2.91. The molecular weight excluding hydrogens is 216 g/mol. The Kier molecular flexibility index (Phi) is 3.46.